The van der Waals surface area contributed by atoms with Crippen molar-refractivity contribution in [2.24, 2.45) is 0 Å². The summed E-state index contributed by atoms with van der Waals surface area (Å²) in [7, 11) is 1.62. The lowest BCUT2D eigenvalue weighted by Gasteiger charge is -2.10. The molecule has 0 aromatic carbocycles. The number of hydrogen-bond acceptors (Lipinski definition) is 7. The number of anilines is 2. The van der Waals surface area contributed by atoms with E-state index in [2.05, 4.69) is 20.6 Å². The predicted octanol–water partition coefficient (Wildman–Crippen LogP) is 0.866. The highest BCUT2D eigenvalue weighted by molar-refractivity contribution is 5.47. The van der Waals surface area contributed by atoms with Crippen molar-refractivity contribution in [3.63, 3.8) is 0 Å². The lowest BCUT2D eigenvalue weighted by Crippen LogP contribution is -2.11. The molecular formula is C13H24N4O3. The molecule has 1 aromatic rings. The molecule has 0 aliphatic heterocycles. The monoisotopic (exact) mass is 284 g/mol. The molecule has 0 fully saturated rings. The second-order valence-electron chi connectivity index (χ2n) is 4.13. The van der Waals surface area contributed by atoms with Crippen LogP contribution in [0.2, 0.25) is 0 Å². The topological polar surface area (TPSA) is 88.5 Å². The smallest absolute Gasteiger partial charge is 0.158 e. The van der Waals surface area contributed by atoms with Crippen molar-refractivity contribution >= 4 is 11.6 Å². The van der Waals surface area contributed by atoms with E-state index < -0.39 is 0 Å². The van der Waals surface area contributed by atoms with E-state index in [1.807, 2.05) is 13.0 Å². The molecule has 0 aliphatic carbocycles. The molecule has 1 aromatic heterocycles. The predicted molar refractivity (Wildman–Crippen MR) is 77.9 cm³/mol. The number of aliphatic hydroxyl groups excluding tert-OH is 1. The van der Waals surface area contributed by atoms with Crippen LogP contribution in [0.5, 0.6) is 0 Å². The molecule has 7 nitrogen and oxygen atoms in total. The molecule has 0 radical (unpaired) electrons. The summed E-state index contributed by atoms with van der Waals surface area (Å²) in [6.45, 7) is 5.01. The Morgan fingerprint density at radius 3 is 2.60 bits per heavy atom. The Kier molecular flexibility index (Phi) is 8.61. The van der Waals surface area contributed by atoms with Crippen molar-refractivity contribution in [1.82, 2.24) is 9.97 Å². The average molecular weight is 284 g/mol. The number of methoxy groups -OCH3 is 1. The van der Waals surface area contributed by atoms with Crippen LogP contribution >= 0.6 is 0 Å². The number of nitrogens with one attached hydrogen (secondary N) is 2. The first-order valence-corrected chi connectivity index (χ1v) is 6.83. The van der Waals surface area contributed by atoms with Gasteiger partial charge in [-0.15, -0.1) is 0 Å². The maximum absolute atomic E-state index is 8.59. The van der Waals surface area contributed by atoms with Gasteiger partial charge in [-0.2, -0.15) is 0 Å². The molecule has 20 heavy (non-hydrogen) atoms. The van der Waals surface area contributed by atoms with Crippen molar-refractivity contribution in [2.45, 2.75) is 20.0 Å². The van der Waals surface area contributed by atoms with E-state index in [0.29, 0.717) is 25.6 Å². The first kappa shape index (κ1) is 16.6. The third kappa shape index (κ3) is 6.65. The van der Waals surface area contributed by atoms with Crippen molar-refractivity contribution < 1.29 is 14.6 Å². The third-order valence-corrected chi connectivity index (χ3v) is 2.41. The summed E-state index contributed by atoms with van der Waals surface area (Å²) in [5.74, 6) is 2.20. The number of ether oxygens (including phenoxy) is 2. The first-order chi connectivity index (χ1) is 9.80. The maximum Gasteiger partial charge on any atom is 0.158 e. The van der Waals surface area contributed by atoms with Crippen LogP contribution in [0.4, 0.5) is 11.6 Å². The lowest BCUT2D eigenvalue weighted by molar-refractivity contribution is 0.0922. The van der Waals surface area contributed by atoms with Gasteiger partial charge in [0.1, 0.15) is 18.2 Å². The van der Waals surface area contributed by atoms with Crippen LogP contribution in [-0.4, -0.2) is 55.1 Å². The van der Waals surface area contributed by atoms with Crippen LogP contribution in [0, 0.1) is 0 Å². The van der Waals surface area contributed by atoms with Gasteiger partial charge in [0.05, 0.1) is 13.2 Å². The summed E-state index contributed by atoms with van der Waals surface area (Å²) in [5.41, 5.74) is 0. The van der Waals surface area contributed by atoms with Crippen LogP contribution in [0.3, 0.4) is 0 Å². The van der Waals surface area contributed by atoms with Gasteiger partial charge in [-0.25, -0.2) is 9.97 Å². The summed E-state index contributed by atoms with van der Waals surface area (Å²) in [4.78, 5) is 8.71. The normalized spacial score (nSPS) is 10.6. The van der Waals surface area contributed by atoms with Gasteiger partial charge in [-0.1, -0.05) is 0 Å². The average Bonchev–Trinajstić information content (AvgIpc) is 2.43. The zero-order chi connectivity index (χ0) is 14.6. The number of aliphatic hydroxyl groups is 1. The number of hydrogen-bond donors (Lipinski definition) is 3. The van der Waals surface area contributed by atoms with E-state index in [0.717, 1.165) is 31.1 Å². The summed E-state index contributed by atoms with van der Waals surface area (Å²) in [6.07, 6.45) is 0.847. The molecule has 0 atom stereocenters. The van der Waals surface area contributed by atoms with Crippen LogP contribution < -0.4 is 10.6 Å². The standard InChI is InChI=1S/C13H24N4O3/c1-3-14-11-9-12(17-13(16-11)10-19-2)15-5-4-7-20-8-6-18/h9,18H,3-8,10H2,1-2H3,(H2,14,15,16,17). The van der Waals surface area contributed by atoms with E-state index >= 15 is 0 Å². The maximum atomic E-state index is 8.59. The highest BCUT2D eigenvalue weighted by atomic mass is 16.5. The minimum Gasteiger partial charge on any atom is -0.394 e. The van der Waals surface area contributed by atoms with Crippen LogP contribution in [-0.2, 0) is 16.1 Å². The van der Waals surface area contributed by atoms with Crippen LogP contribution in [0.1, 0.15) is 19.2 Å². The van der Waals surface area contributed by atoms with Gasteiger partial charge in [0.25, 0.3) is 0 Å². The van der Waals surface area contributed by atoms with Gasteiger partial charge in [0.15, 0.2) is 5.82 Å². The zero-order valence-corrected chi connectivity index (χ0v) is 12.2. The van der Waals surface area contributed by atoms with Crippen LogP contribution in [0.25, 0.3) is 0 Å². The van der Waals surface area contributed by atoms with Crippen molar-refractivity contribution in [3.8, 4) is 0 Å². The van der Waals surface area contributed by atoms with Crippen LogP contribution in [0.15, 0.2) is 6.07 Å². The second kappa shape index (κ2) is 10.4. The van der Waals surface area contributed by atoms with E-state index in [4.69, 9.17) is 14.6 Å². The molecule has 0 amide bonds. The number of nitrogens with zero attached hydrogens (tertiary/aromatic N) is 2. The van der Waals surface area contributed by atoms with Gasteiger partial charge in [-0.3, -0.25) is 0 Å². The largest absolute Gasteiger partial charge is 0.394 e. The minimum atomic E-state index is 0.0613. The van der Waals surface area contributed by atoms with Crippen molar-refractivity contribution in [2.75, 3.05) is 50.7 Å². The van der Waals surface area contributed by atoms with E-state index in [9.17, 15) is 0 Å². The Labute approximate surface area is 119 Å². The molecule has 0 unspecified atom stereocenters. The molecule has 3 N–H and O–H groups in total. The molecular weight excluding hydrogens is 260 g/mol. The molecule has 0 saturated carbocycles. The highest BCUT2D eigenvalue weighted by Gasteiger charge is 2.03. The minimum absolute atomic E-state index is 0.0613. The second-order valence-corrected chi connectivity index (χ2v) is 4.13. The molecule has 1 heterocycles. The Bertz CT molecular complexity index is 352. The Hall–Kier alpha value is -1.44. The fraction of sp³-hybridized carbons (Fsp3) is 0.692. The molecule has 7 heteroatoms. The molecule has 0 aliphatic rings. The molecule has 114 valence electrons. The molecule has 0 bridgehead atoms. The van der Waals surface area contributed by atoms with Gasteiger partial charge in [-0.05, 0) is 13.3 Å². The van der Waals surface area contributed by atoms with E-state index in [1.54, 1.807) is 7.11 Å². The third-order valence-electron chi connectivity index (χ3n) is 2.41. The number of rotatable bonds is 11. The highest BCUT2D eigenvalue weighted by Crippen LogP contribution is 2.11. The Morgan fingerprint density at radius 2 is 1.95 bits per heavy atom. The van der Waals surface area contributed by atoms with Gasteiger partial charge in [0, 0.05) is 32.9 Å². The first-order valence-electron chi connectivity index (χ1n) is 6.83. The summed E-state index contributed by atoms with van der Waals surface area (Å²) < 4.78 is 10.3. The van der Waals surface area contributed by atoms with E-state index in [1.165, 1.54) is 0 Å². The van der Waals surface area contributed by atoms with Crippen molar-refractivity contribution in [3.05, 3.63) is 11.9 Å². The van der Waals surface area contributed by atoms with Crippen molar-refractivity contribution in [1.29, 1.82) is 0 Å². The fourth-order valence-electron chi connectivity index (χ4n) is 1.61. The summed E-state index contributed by atoms with van der Waals surface area (Å²) in [6, 6.07) is 1.87. The fourth-order valence-corrected chi connectivity index (χ4v) is 1.61. The van der Waals surface area contributed by atoms with Gasteiger partial charge in [0.2, 0.25) is 0 Å². The SMILES string of the molecule is CCNc1cc(NCCCOCCO)nc(COC)n1. The molecule has 1 rings (SSSR count). The summed E-state index contributed by atoms with van der Waals surface area (Å²) in [5, 5.41) is 15.0. The van der Waals surface area contributed by atoms with Gasteiger partial charge >= 0.3 is 0 Å². The Balaban J connectivity index is 2.46. The lowest BCUT2D eigenvalue weighted by atomic mass is 10.4. The zero-order valence-electron chi connectivity index (χ0n) is 12.2. The number of aromatic nitrogens is 2. The molecule has 0 saturated heterocycles. The molecule has 0 spiro atoms. The summed E-state index contributed by atoms with van der Waals surface area (Å²) >= 11 is 0. The Morgan fingerprint density at radius 1 is 1.20 bits per heavy atom. The van der Waals surface area contributed by atoms with E-state index in [-0.39, 0.29) is 6.61 Å². The quantitative estimate of drug-likeness (QED) is 0.519. The van der Waals surface area contributed by atoms with Gasteiger partial charge < -0.3 is 25.2 Å².